The molecule has 1 aromatic heterocycles. The monoisotopic (exact) mass is 391 g/mol. The fourth-order valence-corrected chi connectivity index (χ4v) is 4.40. The minimum atomic E-state index is -4.03. The van der Waals surface area contributed by atoms with Gasteiger partial charge in [-0.2, -0.15) is 0 Å². The Kier molecular flexibility index (Phi) is 5.78. The van der Waals surface area contributed by atoms with Crippen LogP contribution in [0.15, 0.2) is 21.9 Å². The summed E-state index contributed by atoms with van der Waals surface area (Å²) < 4.78 is 25.2. The van der Waals surface area contributed by atoms with E-state index in [4.69, 9.17) is 9.26 Å². The molecule has 2 aliphatic heterocycles. The number of H-pyrrole nitrogens is 1. The van der Waals surface area contributed by atoms with Crippen LogP contribution in [0.1, 0.15) is 25.5 Å². The molecule has 12 heteroatoms. The lowest BCUT2D eigenvalue weighted by atomic mass is 10.1. The Morgan fingerprint density at radius 1 is 1.23 bits per heavy atom. The smallest absolute Gasteiger partial charge is 0.387 e. The summed E-state index contributed by atoms with van der Waals surface area (Å²) >= 11 is 0. The number of nitrogens with zero attached hydrogens (tertiary/aromatic N) is 2. The second kappa shape index (κ2) is 7.73. The fourth-order valence-electron chi connectivity index (χ4n) is 3.11. The molecule has 0 saturated carbocycles. The molecular weight excluding hydrogens is 369 g/mol. The quantitative estimate of drug-likeness (QED) is 0.451. The van der Waals surface area contributed by atoms with E-state index in [-0.39, 0.29) is 0 Å². The first-order valence-corrected chi connectivity index (χ1v) is 9.88. The highest BCUT2D eigenvalue weighted by molar-refractivity contribution is 7.50. The number of nitrogens with one attached hydrogen (secondary N) is 1. The summed E-state index contributed by atoms with van der Waals surface area (Å²) in [6, 6.07) is 1.08. The highest BCUT2D eigenvalue weighted by Gasteiger charge is 2.45. The second-order valence-electron chi connectivity index (χ2n) is 6.36. The van der Waals surface area contributed by atoms with Gasteiger partial charge in [-0.25, -0.2) is 14.0 Å². The van der Waals surface area contributed by atoms with Crippen molar-refractivity contribution < 1.29 is 28.9 Å². The predicted octanol–water partition coefficient (Wildman–Crippen LogP) is -1.24. The zero-order chi connectivity index (χ0) is 18.9. The van der Waals surface area contributed by atoms with E-state index in [1.807, 2.05) is 4.98 Å². The van der Waals surface area contributed by atoms with E-state index in [1.54, 1.807) is 0 Å². The zero-order valence-electron chi connectivity index (χ0n) is 13.9. The standard InChI is InChI=1S/C14H22N3O8P/c18-10-4-7-17(14(21)15-10)13-12(20)11(19)9(25-13)8-24-26(22,23)16-5-2-1-3-6-16/h4,7,9,11-13,19-20H,1-3,5-6,8H2,(H,22,23)(H,15,18,21)/t9-,11-,12-,13-/m1/s1. The van der Waals surface area contributed by atoms with E-state index in [1.165, 1.54) is 4.67 Å². The number of ether oxygens (including phenoxy) is 1. The maximum atomic E-state index is 12.3. The van der Waals surface area contributed by atoms with Crippen molar-refractivity contribution >= 4 is 7.75 Å². The molecule has 0 aromatic carbocycles. The molecule has 3 heterocycles. The van der Waals surface area contributed by atoms with Crippen molar-refractivity contribution in [2.75, 3.05) is 19.7 Å². The Labute approximate surface area is 148 Å². The summed E-state index contributed by atoms with van der Waals surface area (Å²) in [5, 5.41) is 20.2. The van der Waals surface area contributed by atoms with Crippen molar-refractivity contribution in [2.45, 2.75) is 43.8 Å². The van der Waals surface area contributed by atoms with Gasteiger partial charge in [-0.05, 0) is 12.8 Å². The molecule has 1 unspecified atom stereocenters. The van der Waals surface area contributed by atoms with Crippen LogP contribution in [-0.4, -0.2) is 67.3 Å². The van der Waals surface area contributed by atoms with Gasteiger partial charge in [-0.3, -0.25) is 18.9 Å². The molecule has 11 nitrogen and oxygen atoms in total. The Bertz CT molecular complexity index is 789. The topological polar surface area (TPSA) is 154 Å². The van der Waals surface area contributed by atoms with Gasteiger partial charge in [0.2, 0.25) is 0 Å². The van der Waals surface area contributed by atoms with Crippen molar-refractivity contribution in [2.24, 2.45) is 0 Å². The number of rotatable bonds is 5. The third-order valence-corrected chi connectivity index (χ3v) is 6.16. The van der Waals surface area contributed by atoms with Crippen LogP contribution in [0.5, 0.6) is 0 Å². The third kappa shape index (κ3) is 3.99. The van der Waals surface area contributed by atoms with Crippen molar-refractivity contribution in [1.82, 2.24) is 14.2 Å². The predicted molar refractivity (Wildman–Crippen MR) is 88.4 cm³/mol. The van der Waals surface area contributed by atoms with Gasteiger partial charge in [-0.15, -0.1) is 0 Å². The molecule has 1 aromatic rings. The molecule has 0 bridgehead atoms. The van der Waals surface area contributed by atoms with Gasteiger partial charge < -0.3 is 19.8 Å². The average molecular weight is 391 g/mol. The number of piperidine rings is 1. The fraction of sp³-hybridized carbons (Fsp3) is 0.714. The third-order valence-electron chi connectivity index (χ3n) is 4.56. The van der Waals surface area contributed by atoms with E-state index in [9.17, 15) is 29.3 Å². The van der Waals surface area contributed by atoms with Crippen molar-refractivity contribution in [3.63, 3.8) is 0 Å². The zero-order valence-corrected chi connectivity index (χ0v) is 14.8. The number of hydrogen-bond acceptors (Lipinski definition) is 7. The molecule has 4 N–H and O–H groups in total. The molecule has 26 heavy (non-hydrogen) atoms. The molecule has 2 saturated heterocycles. The number of aromatic amines is 1. The average Bonchev–Trinajstić information content (AvgIpc) is 2.89. The molecule has 2 fully saturated rings. The van der Waals surface area contributed by atoms with Crippen LogP contribution in [0.4, 0.5) is 0 Å². The molecule has 146 valence electrons. The SMILES string of the molecule is O=c1ccn([C@@H]2O[C@H](COP(=O)(O)N3CCCCC3)[C@@H](O)[C@H]2O)c(=O)[nH]1. The van der Waals surface area contributed by atoms with Crippen LogP contribution in [0.25, 0.3) is 0 Å². The summed E-state index contributed by atoms with van der Waals surface area (Å²) in [5.74, 6) is 0. The molecule has 0 spiro atoms. The van der Waals surface area contributed by atoms with Gasteiger partial charge in [-0.1, -0.05) is 6.42 Å². The van der Waals surface area contributed by atoms with Gasteiger partial charge in [0.25, 0.3) is 5.56 Å². The van der Waals surface area contributed by atoms with E-state index >= 15 is 0 Å². The number of aromatic nitrogens is 2. The Balaban J connectivity index is 1.67. The lowest BCUT2D eigenvalue weighted by molar-refractivity contribution is -0.0538. The summed E-state index contributed by atoms with van der Waals surface area (Å²) in [5.41, 5.74) is -1.42. The normalized spacial score (nSPS) is 32.4. The first-order chi connectivity index (χ1) is 12.3. The van der Waals surface area contributed by atoms with Crippen LogP contribution >= 0.6 is 7.75 Å². The van der Waals surface area contributed by atoms with Gasteiger partial charge >= 0.3 is 13.4 Å². The van der Waals surface area contributed by atoms with E-state index < -0.39 is 50.1 Å². The maximum Gasteiger partial charge on any atom is 0.405 e. The van der Waals surface area contributed by atoms with E-state index in [0.717, 1.165) is 36.1 Å². The van der Waals surface area contributed by atoms with E-state index in [2.05, 4.69) is 0 Å². The van der Waals surface area contributed by atoms with Gasteiger partial charge in [0.05, 0.1) is 6.61 Å². The van der Waals surface area contributed by atoms with Crippen LogP contribution in [0, 0.1) is 0 Å². The van der Waals surface area contributed by atoms with Crippen molar-refractivity contribution in [3.8, 4) is 0 Å². The van der Waals surface area contributed by atoms with Crippen LogP contribution < -0.4 is 11.2 Å². The van der Waals surface area contributed by atoms with E-state index in [0.29, 0.717) is 13.1 Å². The molecule has 0 amide bonds. The van der Waals surface area contributed by atoms with Crippen molar-refractivity contribution in [1.29, 1.82) is 0 Å². The molecule has 2 aliphatic rings. The highest BCUT2D eigenvalue weighted by atomic mass is 31.2. The number of hydrogen-bond donors (Lipinski definition) is 4. The van der Waals surface area contributed by atoms with Gasteiger partial charge in [0, 0.05) is 25.4 Å². The Morgan fingerprint density at radius 2 is 1.92 bits per heavy atom. The van der Waals surface area contributed by atoms with Gasteiger partial charge in [0.1, 0.15) is 18.3 Å². The van der Waals surface area contributed by atoms with Crippen LogP contribution in [-0.2, 0) is 13.8 Å². The summed E-state index contributed by atoms with van der Waals surface area (Å²) in [6.45, 7) is 0.455. The minimum Gasteiger partial charge on any atom is -0.387 e. The Hall–Kier alpha value is -1.33. The second-order valence-corrected chi connectivity index (χ2v) is 8.17. The first-order valence-electron chi connectivity index (χ1n) is 8.35. The molecule has 0 aliphatic carbocycles. The molecule has 0 radical (unpaired) electrons. The van der Waals surface area contributed by atoms with Crippen LogP contribution in [0.3, 0.4) is 0 Å². The number of aliphatic hydroxyl groups excluding tert-OH is 2. The molecule has 5 atom stereocenters. The molecular formula is C14H22N3O8P. The number of aliphatic hydroxyl groups is 2. The first kappa shape index (κ1) is 19.4. The van der Waals surface area contributed by atoms with Crippen molar-refractivity contribution in [3.05, 3.63) is 33.1 Å². The minimum absolute atomic E-state index is 0.433. The largest absolute Gasteiger partial charge is 0.405 e. The lowest BCUT2D eigenvalue weighted by Crippen LogP contribution is -2.37. The Morgan fingerprint density at radius 3 is 2.58 bits per heavy atom. The van der Waals surface area contributed by atoms with Gasteiger partial charge in [0.15, 0.2) is 6.23 Å². The van der Waals surface area contributed by atoms with Crippen LogP contribution in [0.2, 0.25) is 0 Å². The lowest BCUT2D eigenvalue weighted by Gasteiger charge is -2.30. The summed E-state index contributed by atoms with van der Waals surface area (Å²) in [4.78, 5) is 35.0. The molecule has 3 rings (SSSR count). The maximum absolute atomic E-state index is 12.3. The summed E-state index contributed by atoms with van der Waals surface area (Å²) in [6.07, 6.45) is -1.55. The summed E-state index contributed by atoms with van der Waals surface area (Å²) in [7, 11) is -4.03. The highest BCUT2D eigenvalue weighted by Crippen LogP contribution is 2.48.